The van der Waals surface area contributed by atoms with Gasteiger partial charge in [-0.3, -0.25) is 19.2 Å². The molecule has 14 nitrogen and oxygen atoms in total. The summed E-state index contributed by atoms with van der Waals surface area (Å²) in [5.74, 6) is -16.6. The van der Waals surface area contributed by atoms with Gasteiger partial charge in [-0.05, 0) is 36.8 Å². The highest BCUT2D eigenvalue weighted by atomic mass is 19.2. The predicted molar refractivity (Wildman–Crippen MR) is 279 cm³/mol. The number of ether oxygens (including phenoxy) is 6. The van der Waals surface area contributed by atoms with Crippen molar-refractivity contribution >= 4 is 29.7 Å². The highest BCUT2D eigenvalue weighted by Crippen LogP contribution is 2.30. The minimum absolute atomic E-state index is 0.0296. The molecule has 2 amide bonds. The van der Waals surface area contributed by atoms with Crippen LogP contribution in [0, 0.1) is 29.1 Å². The van der Waals surface area contributed by atoms with Gasteiger partial charge < -0.3 is 43.7 Å². The molecule has 19 heteroatoms. The van der Waals surface area contributed by atoms with E-state index in [9.17, 15) is 51.0 Å². The Morgan fingerprint density at radius 2 is 0.987 bits per heavy atom. The van der Waals surface area contributed by atoms with Crippen molar-refractivity contribution in [3.05, 3.63) is 106 Å². The van der Waals surface area contributed by atoms with E-state index in [2.05, 4.69) is 12.2 Å². The third-order valence-electron chi connectivity index (χ3n) is 12.7. The third kappa shape index (κ3) is 27.6. The highest BCUT2D eigenvalue weighted by Gasteiger charge is 2.35. The number of carboxylic acids is 1. The number of benzene rings is 3. The molecule has 3 rings (SSSR count). The van der Waals surface area contributed by atoms with E-state index in [1.165, 1.54) is 32.1 Å². The largest absolute Gasteiger partial charge is 0.481 e. The molecular formula is C58H81F5N2O12. The SMILES string of the molecule is CCCCCCCCCCCN(C(=O)CCCCCCCCCC(=O)OCc1ccccc1)C(CCC(=O)NCCOCCOCCOCCOCC(C(=O)O)c1c(F)c(F)c(F)c(F)c1F)C(=O)OCc1ccccc1. The van der Waals surface area contributed by atoms with E-state index < -0.39 is 65.2 Å². The number of rotatable bonds is 45. The summed E-state index contributed by atoms with van der Waals surface area (Å²) in [6.45, 7) is 2.60. The van der Waals surface area contributed by atoms with Gasteiger partial charge in [-0.25, -0.2) is 26.7 Å². The number of hydrogen-bond donors (Lipinski definition) is 2. The van der Waals surface area contributed by atoms with Gasteiger partial charge >= 0.3 is 17.9 Å². The first-order valence-electron chi connectivity index (χ1n) is 27.4. The zero-order valence-corrected chi connectivity index (χ0v) is 44.8. The lowest BCUT2D eigenvalue weighted by Gasteiger charge is -2.31. The Hall–Kier alpha value is -5.50. The summed E-state index contributed by atoms with van der Waals surface area (Å²) in [7, 11) is 0. The van der Waals surface area contributed by atoms with Gasteiger partial charge in [0, 0.05) is 37.9 Å². The number of aliphatic carboxylic acids is 1. The minimum atomic E-state index is -2.40. The first-order chi connectivity index (χ1) is 37.3. The van der Waals surface area contributed by atoms with Crippen molar-refractivity contribution in [3.8, 4) is 0 Å². The van der Waals surface area contributed by atoms with Crippen LogP contribution in [0.1, 0.15) is 158 Å². The van der Waals surface area contributed by atoms with Crippen LogP contribution in [0.2, 0.25) is 0 Å². The van der Waals surface area contributed by atoms with Crippen LogP contribution in [0.15, 0.2) is 60.7 Å². The van der Waals surface area contributed by atoms with Gasteiger partial charge in [-0.15, -0.1) is 0 Å². The molecule has 0 bridgehead atoms. The molecule has 0 spiro atoms. The van der Waals surface area contributed by atoms with Crippen LogP contribution < -0.4 is 5.32 Å². The molecule has 3 aromatic rings. The molecule has 430 valence electrons. The van der Waals surface area contributed by atoms with Gasteiger partial charge in [-0.1, -0.05) is 151 Å². The summed E-state index contributed by atoms with van der Waals surface area (Å²) in [5, 5.41) is 12.2. The molecule has 2 unspecified atom stereocenters. The number of hydrogen-bond acceptors (Lipinski definition) is 11. The fourth-order valence-electron chi connectivity index (χ4n) is 8.34. The molecule has 0 saturated heterocycles. The maximum absolute atomic E-state index is 14.1. The fourth-order valence-corrected chi connectivity index (χ4v) is 8.34. The second kappa shape index (κ2) is 40.7. The van der Waals surface area contributed by atoms with E-state index in [1.54, 1.807) is 4.90 Å². The number of nitrogens with one attached hydrogen (secondary N) is 1. The average molecular weight is 1090 g/mol. The van der Waals surface area contributed by atoms with Gasteiger partial charge in [-0.2, -0.15) is 0 Å². The molecule has 0 radical (unpaired) electrons. The molecule has 0 aromatic heterocycles. The van der Waals surface area contributed by atoms with E-state index in [-0.39, 0.29) is 103 Å². The summed E-state index contributed by atoms with van der Waals surface area (Å²) in [6.07, 6.45) is 16.6. The summed E-state index contributed by atoms with van der Waals surface area (Å²) in [6, 6.07) is 17.9. The number of carbonyl (C=O) groups excluding carboxylic acids is 4. The van der Waals surface area contributed by atoms with Crippen LogP contribution in [0.25, 0.3) is 0 Å². The first-order valence-corrected chi connectivity index (χ1v) is 27.4. The standard InChI is InChI=1S/C58H81F5N2O12/c1-2-3-4-5-6-7-11-14-23-33-65(49(67)28-21-12-9-8-10-13-22-29-50(68)76-41-44-24-17-15-18-25-44)47(58(71)77-42-45-26-19-16-20-27-45)30-31-48(66)64-32-34-72-35-36-73-37-38-74-39-40-75-43-46(57(69)70)51-52(59)54(61)56(63)55(62)53(51)60/h15-20,24-27,46-47H,2-14,21-23,28-43H2,1H3,(H,64,66)(H,69,70). The second-order valence-corrected chi connectivity index (χ2v) is 18.8. The molecule has 2 atom stereocenters. The monoisotopic (exact) mass is 1090 g/mol. The van der Waals surface area contributed by atoms with Crippen LogP contribution in [0.5, 0.6) is 0 Å². The van der Waals surface area contributed by atoms with E-state index in [4.69, 9.17) is 28.4 Å². The number of esters is 2. The molecule has 2 N–H and O–H groups in total. The number of carbonyl (C=O) groups is 5. The van der Waals surface area contributed by atoms with E-state index >= 15 is 0 Å². The number of halogens is 5. The van der Waals surface area contributed by atoms with E-state index in [0.717, 1.165) is 75.3 Å². The molecule has 0 aliphatic heterocycles. The number of nitrogens with zero attached hydrogens (tertiary/aromatic N) is 1. The predicted octanol–water partition coefficient (Wildman–Crippen LogP) is 11.2. The van der Waals surface area contributed by atoms with Crippen molar-refractivity contribution in [2.45, 2.75) is 161 Å². The Morgan fingerprint density at radius 3 is 1.52 bits per heavy atom. The van der Waals surface area contributed by atoms with Crippen molar-refractivity contribution in [2.24, 2.45) is 0 Å². The molecular weight excluding hydrogens is 1010 g/mol. The zero-order chi connectivity index (χ0) is 55.9. The van der Waals surface area contributed by atoms with Crippen LogP contribution in [-0.2, 0) is 65.6 Å². The van der Waals surface area contributed by atoms with Gasteiger partial charge in [0.25, 0.3) is 0 Å². The van der Waals surface area contributed by atoms with Crippen molar-refractivity contribution in [2.75, 3.05) is 65.9 Å². The summed E-state index contributed by atoms with van der Waals surface area (Å²) in [5.41, 5.74) is 0.260. The van der Waals surface area contributed by atoms with Gasteiger partial charge in [0.2, 0.25) is 17.6 Å². The fraction of sp³-hybridized carbons (Fsp3) is 0.603. The van der Waals surface area contributed by atoms with E-state index in [1.807, 2.05) is 60.7 Å². The normalized spacial score (nSPS) is 12.0. The molecule has 0 saturated carbocycles. The molecule has 0 aliphatic carbocycles. The first kappa shape index (κ1) is 65.8. The van der Waals surface area contributed by atoms with Crippen LogP contribution in [0.4, 0.5) is 22.0 Å². The number of amides is 2. The molecule has 77 heavy (non-hydrogen) atoms. The molecule has 0 heterocycles. The molecule has 3 aromatic carbocycles. The van der Waals surface area contributed by atoms with Gasteiger partial charge in [0.15, 0.2) is 23.3 Å². The maximum atomic E-state index is 14.1. The van der Waals surface area contributed by atoms with Crippen LogP contribution in [0.3, 0.4) is 0 Å². The van der Waals surface area contributed by atoms with Gasteiger partial charge in [0.05, 0.1) is 52.9 Å². The number of carboxylic acid groups (broad SMARTS) is 1. The van der Waals surface area contributed by atoms with Gasteiger partial charge in [0.1, 0.15) is 25.2 Å². The quantitative estimate of drug-likeness (QED) is 0.0180. The molecule has 0 fully saturated rings. The zero-order valence-electron chi connectivity index (χ0n) is 44.8. The Balaban J connectivity index is 1.40. The van der Waals surface area contributed by atoms with Crippen LogP contribution >= 0.6 is 0 Å². The van der Waals surface area contributed by atoms with E-state index in [0.29, 0.717) is 19.4 Å². The lowest BCUT2D eigenvalue weighted by atomic mass is 9.98. The number of unbranched alkanes of at least 4 members (excludes halogenated alkanes) is 14. The van der Waals surface area contributed by atoms with Crippen molar-refractivity contribution in [1.82, 2.24) is 10.2 Å². The Labute approximate surface area is 451 Å². The van der Waals surface area contributed by atoms with Crippen molar-refractivity contribution in [1.29, 1.82) is 0 Å². The molecule has 0 aliphatic rings. The Kier molecular flexibility index (Phi) is 34.7. The summed E-state index contributed by atoms with van der Waals surface area (Å²) >= 11 is 0. The minimum Gasteiger partial charge on any atom is -0.481 e. The van der Waals surface area contributed by atoms with Crippen LogP contribution in [-0.4, -0.2) is 112 Å². The topological polar surface area (TPSA) is 176 Å². The Morgan fingerprint density at radius 1 is 0.532 bits per heavy atom. The van der Waals surface area contributed by atoms with Crippen molar-refractivity contribution in [3.63, 3.8) is 0 Å². The third-order valence-corrected chi connectivity index (χ3v) is 12.7. The van der Waals surface area contributed by atoms with Crippen molar-refractivity contribution < 1.29 is 79.5 Å². The summed E-state index contributed by atoms with van der Waals surface area (Å²) < 4.78 is 101. The Bertz CT molecular complexity index is 2110. The lowest BCUT2D eigenvalue weighted by molar-refractivity contribution is -0.157. The average Bonchev–Trinajstić information content (AvgIpc) is 3.44. The maximum Gasteiger partial charge on any atom is 0.329 e. The second-order valence-electron chi connectivity index (χ2n) is 18.8. The highest BCUT2D eigenvalue weighted by molar-refractivity contribution is 5.85. The lowest BCUT2D eigenvalue weighted by Crippen LogP contribution is -2.47. The summed E-state index contributed by atoms with van der Waals surface area (Å²) in [4.78, 5) is 66.5. The smallest absolute Gasteiger partial charge is 0.329 e.